The van der Waals surface area contributed by atoms with Crippen LogP contribution in [0, 0.1) is 0 Å². The Morgan fingerprint density at radius 1 is 1.26 bits per heavy atom. The van der Waals surface area contributed by atoms with Crippen LogP contribution in [0.15, 0.2) is 29.0 Å². The summed E-state index contributed by atoms with van der Waals surface area (Å²) in [7, 11) is 0. The van der Waals surface area contributed by atoms with E-state index >= 15 is 0 Å². The molecule has 0 atom stereocenters. The number of hydrogen-bond acceptors (Lipinski definition) is 3. The Morgan fingerprint density at radius 2 is 2.05 bits per heavy atom. The molecular weight excluding hydrogens is 349 g/mol. The minimum absolute atomic E-state index is 0.484. The second kappa shape index (κ2) is 6.55. The predicted molar refractivity (Wildman–Crippen MR) is 83.5 cm³/mol. The molecule has 2 aromatic rings. The largest absolute Gasteiger partial charge is 0.339 e. The molecule has 2 rings (SSSR count). The molecule has 1 aromatic carbocycles. The van der Waals surface area contributed by atoms with E-state index in [0.717, 1.165) is 28.6 Å². The second-order valence-electron chi connectivity index (χ2n) is 3.99. The van der Waals surface area contributed by atoms with E-state index in [9.17, 15) is 0 Å². The van der Waals surface area contributed by atoms with E-state index < -0.39 is 0 Å². The molecule has 1 N–H and O–H groups in total. The van der Waals surface area contributed by atoms with Crippen LogP contribution in [-0.2, 0) is 6.42 Å². The first-order valence-electron chi connectivity index (χ1n) is 5.83. The van der Waals surface area contributed by atoms with Gasteiger partial charge in [0.2, 0.25) is 0 Å². The third-order valence-electron chi connectivity index (χ3n) is 2.57. The lowest BCUT2D eigenvalue weighted by Gasteiger charge is -2.12. The Labute approximate surface area is 130 Å². The molecule has 100 valence electrons. The molecule has 0 spiro atoms. The lowest BCUT2D eigenvalue weighted by atomic mass is 10.2. The number of rotatable bonds is 4. The van der Waals surface area contributed by atoms with Gasteiger partial charge in [0.15, 0.2) is 0 Å². The highest BCUT2D eigenvalue weighted by atomic mass is 79.9. The van der Waals surface area contributed by atoms with Gasteiger partial charge in [0, 0.05) is 15.1 Å². The molecule has 1 heterocycles. The Balaban J connectivity index is 2.37. The van der Waals surface area contributed by atoms with Gasteiger partial charge in [-0.25, -0.2) is 9.97 Å². The lowest BCUT2D eigenvalue weighted by Crippen LogP contribution is -2.02. The number of hydrogen-bond donors (Lipinski definition) is 1. The van der Waals surface area contributed by atoms with Crippen molar-refractivity contribution in [1.29, 1.82) is 0 Å². The van der Waals surface area contributed by atoms with Gasteiger partial charge in [0.1, 0.15) is 17.3 Å². The molecule has 0 unspecified atom stereocenters. The molecule has 0 aliphatic rings. The molecule has 0 saturated heterocycles. The number of benzene rings is 1. The summed E-state index contributed by atoms with van der Waals surface area (Å²) in [4.78, 5) is 8.27. The van der Waals surface area contributed by atoms with Crippen LogP contribution in [-0.4, -0.2) is 9.97 Å². The van der Waals surface area contributed by atoms with E-state index in [4.69, 9.17) is 23.2 Å². The Kier molecular flexibility index (Phi) is 5.02. The molecular formula is C13H12BrCl2N3. The van der Waals surface area contributed by atoms with E-state index in [1.807, 2.05) is 18.2 Å². The smallest absolute Gasteiger partial charge is 0.138 e. The van der Waals surface area contributed by atoms with Crippen LogP contribution < -0.4 is 5.32 Å². The van der Waals surface area contributed by atoms with Gasteiger partial charge in [-0.1, -0.05) is 36.5 Å². The van der Waals surface area contributed by atoms with Crippen molar-refractivity contribution in [1.82, 2.24) is 9.97 Å². The van der Waals surface area contributed by atoms with Gasteiger partial charge in [0.25, 0.3) is 0 Å². The standard InChI is InChI=1S/C13H12BrCl2N3/c1-2-3-9-12(16)17-7-18-13(9)19-11-6-8(15)4-5-10(11)14/h4-7H,2-3H2,1H3,(H,17,18,19). The van der Waals surface area contributed by atoms with Crippen molar-refractivity contribution in [3.63, 3.8) is 0 Å². The average molecular weight is 361 g/mol. The predicted octanol–water partition coefficient (Wildman–Crippen LogP) is 5.24. The topological polar surface area (TPSA) is 37.8 Å². The highest BCUT2D eigenvalue weighted by Crippen LogP contribution is 2.30. The van der Waals surface area contributed by atoms with Crippen LogP contribution in [0.2, 0.25) is 10.2 Å². The Morgan fingerprint density at radius 3 is 2.79 bits per heavy atom. The maximum atomic E-state index is 6.12. The van der Waals surface area contributed by atoms with Crippen molar-refractivity contribution in [2.75, 3.05) is 5.32 Å². The fourth-order valence-corrected chi connectivity index (χ4v) is 2.44. The van der Waals surface area contributed by atoms with Gasteiger partial charge >= 0.3 is 0 Å². The zero-order valence-electron chi connectivity index (χ0n) is 10.3. The van der Waals surface area contributed by atoms with Crippen molar-refractivity contribution in [3.8, 4) is 0 Å². The summed E-state index contributed by atoms with van der Waals surface area (Å²) in [5.74, 6) is 0.713. The summed E-state index contributed by atoms with van der Waals surface area (Å²) >= 11 is 15.6. The van der Waals surface area contributed by atoms with Crippen molar-refractivity contribution in [3.05, 3.63) is 44.7 Å². The first kappa shape index (κ1) is 14.6. The van der Waals surface area contributed by atoms with Crippen LogP contribution >= 0.6 is 39.1 Å². The number of aromatic nitrogens is 2. The monoisotopic (exact) mass is 359 g/mol. The zero-order chi connectivity index (χ0) is 13.8. The van der Waals surface area contributed by atoms with Gasteiger partial charge in [-0.2, -0.15) is 0 Å². The van der Waals surface area contributed by atoms with Gasteiger partial charge in [-0.05, 0) is 40.5 Å². The van der Waals surface area contributed by atoms with E-state index in [2.05, 4.69) is 38.1 Å². The molecule has 0 amide bonds. The number of nitrogens with zero attached hydrogens (tertiary/aromatic N) is 2. The van der Waals surface area contributed by atoms with Gasteiger partial charge in [-0.15, -0.1) is 0 Å². The fraction of sp³-hybridized carbons (Fsp3) is 0.231. The zero-order valence-corrected chi connectivity index (χ0v) is 13.3. The van der Waals surface area contributed by atoms with Crippen LogP contribution in [0.25, 0.3) is 0 Å². The average Bonchev–Trinajstić information content (AvgIpc) is 2.38. The highest BCUT2D eigenvalue weighted by molar-refractivity contribution is 9.10. The lowest BCUT2D eigenvalue weighted by molar-refractivity contribution is 0.904. The minimum Gasteiger partial charge on any atom is -0.339 e. The maximum Gasteiger partial charge on any atom is 0.138 e. The molecule has 0 aliphatic carbocycles. The SMILES string of the molecule is CCCc1c(Cl)ncnc1Nc1cc(Cl)ccc1Br. The summed E-state index contributed by atoms with van der Waals surface area (Å²) in [5, 5.41) is 4.38. The van der Waals surface area contributed by atoms with Crippen molar-refractivity contribution < 1.29 is 0 Å². The van der Waals surface area contributed by atoms with E-state index in [1.54, 1.807) is 0 Å². The van der Waals surface area contributed by atoms with Gasteiger partial charge in [-0.3, -0.25) is 0 Å². The van der Waals surface area contributed by atoms with Crippen molar-refractivity contribution >= 4 is 50.6 Å². The summed E-state index contributed by atoms with van der Waals surface area (Å²) in [6.45, 7) is 2.09. The molecule has 0 fully saturated rings. The highest BCUT2D eigenvalue weighted by Gasteiger charge is 2.10. The first-order chi connectivity index (χ1) is 9.11. The molecule has 19 heavy (non-hydrogen) atoms. The maximum absolute atomic E-state index is 6.12. The number of halogens is 3. The molecule has 1 aromatic heterocycles. The summed E-state index contributed by atoms with van der Waals surface area (Å²) in [6.07, 6.45) is 3.24. The quantitative estimate of drug-likeness (QED) is 0.757. The molecule has 0 saturated carbocycles. The molecule has 0 bridgehead atoms. The van der Waals surface area contributed by atoms with Crippen LogP contribution in [0.1, 0.15) is 18.9 Å². The van der Waals surface area contributed by atoms with Crippen LogP contribution in [0.5, 0.6) is 0 Å². The van der Waals surface area contributed by atoms with Crippen molar-refractivity contribution in [2.45, 2.75) is 19.8 Å². The van der Waals surface area contributed by atoms with Crippen LogP contribution in [0.3, 0.4) is 0 Å². The Bertz CT molecular complexity index is 590. The summed E-state index contributed by atoms with van der Waals surface area (Å²) < 4.78 is 0.911. The Hall–Kier alpha value is -0.840. The third-order valence-corrected chi connectivity index (χ3v) is 3.83. The molecule has 3 nitrogen and oxygen atoms in total. The molecule has 0 radical (unpaired) electrons. The van der Waals surface area contributed by atoms with E-state index in [1.165, 1.54) is 6.33 Å². The van der Waals surface area contributed by atoms with E-state index in [-0.39, 0.29) is 0 Å². The van der Waals surface area contributed by atoms with E-state index in [0.29, 0.717) is 16.0 Å². The van der Waals surface area contributed by atoms with Crippen LogP contribution in [0.4, 0.5) is 11.5 Å². The summed E-state index contributed by atoms with van der Waals surface area (Å²) in [6, 6.07) is 5.53. The number of nitrogens with one attached hydrogen (secondary N) is 1. The van der Waals surface area contributed by atoms with Gasteiger partial charge < -0.3 is 5.32 Å². The van der Waals surface area contributed by atoms with Gasteiger partial charge in [0.05, 0.1) is 5.69 Å². The molecule has 0 aliphatic heterocycles. The second-order valence-corrected chi connectivity index (χ2v) is 5.64. The normalized spacial score (nSPS) is 10.5. The number of anilines is 2. The summed E-state index contributed by atoms with van der Waals surface area (Å²) in [5.41, 5.74) is 1.76. The third kappa shape index (κ3) is 3.59. The first-order valence-corrected chi connectivity index (χ1v) is 7.38. The minimum atomic E-state index is 0.484. The molecule has 6 heteroatoms. The van der Waals surface area contributed by atoms with Crippen molar-refractivity contribution in [2.24, 2.45) is 0 Å². The fourth-order valence-electron chi connectivity index (χ4n) is 1.69.